The van der Waals surface area contributed by atoms with E-state index in [2.05, 4.69) is 6.58 Å². The lowest BCUT2D eigenvalue weighted by molar-refractivity contribution is -0.147. The van der Waals surface area contributed by atoms with Crippen molar-refractivity contribution in [2.75, 3.05) is 26.3 Å². The Labute approximate surface area is 105 Å². The molecule has 1 aliphatic heterocycles. The van der Waals surface area contributed by atoms with Crippen LogP contribution in [0.1, 0.15) is 6.42 Å². The van der Waals surface area contributed by atoms with E-state index in [9.17, 15) is 9.59 Å². The number of morpholine rings is 1. The van der Waals surface area contributed by atoms with Crippen LogP contribution >= 0.6 is 0 Å². The van der Waals surface area contributed by atoms with Crippen LogP contribution in [0.5, 0.6) is 0 Å². The molecule has 0 spiro atoms. The summed E-state index contributed by atoms with van der Waals surface area (Å²) in [7, 11) is 0. The van der Waals surface area contributed by atoms with Crippen molar-refractivity contribution in [2.45, 2.75) is 18.6 Å². The van der Waals surface area contributed by atoms with Gasteiger partial charge in [-0.2, -0.15) is 0 Å². The summed E-state index contributed by atoms with van der Waals surface area (Å²) in [6, 6.07) is 0. The van der Waals surface area contributed by atoms with Crippen LogP contribution in [0.25, 0.3) is 0 Å². The molecule has 0 saturated carbocycles. The van der Waals surface area contributed by atoms with Crippen molar-refractivity contribution < 1.29 is 29.3 Å². The molecule has 0 aromatic heterocycles. The molecule has 7 nitrogen and oxygen atoms in total. The van der Waals surface area contributed by atoms with Gasteiger partial charge in [0.2, 0.25) is 0 Å². The summed E-state index contributed by atoms with van der Waals surface area (Å²) in [6.45, 7) is 3.56. The molecule has 1 fully saturated rings. The molecule has 0 bridgehead atoms. The average molecular weight is 259 g/mol. The predicted molar refractivity (Wildman–Crippen MR) is 61.1 cm³/mol. The Kier molecular flexibility index (Phi) is 5.60. The van der Waals surface area contributed by atoms with Crippen molar-refractivity contribution in [3.05, 3.63) is 12.7 Å². The lowest BCUT2D eigenvalue weighted by Gasteiger charge is -2.36. The van der Waals surface area contributed by atoms with E-state index in [1.165, 1.54) is 11.0 Å². The van der Waals surface area contributed by atoms with Crippen LogP contribution in [-0.2, 0) is 14.3 Å². The number of rotatable bonds is 5. The van der Waals surface area contributed by atoms with Crippen molar-refractivity contribution in [2.24, 2.45) is 0 Å². The maximum absolute atomic E-state index is 11.6. The third-order valence-corrected chi connectivity index (χ3v) is 2.42. The number of ether oxygens (including phenoxy) is 2. The van der Waals surface area contributed by atoms with E-state index < -0.39 is 24.3 Å². The molecular formula is C11H17NO6. The monoisotopic (exact) mass is 259 g/mol. The lowest BCUT2D eigenvalue weighted by atomic mass is 10.1. The molecular weight excluding hydrogens is 242 g/mol. The third kappa shape index (κ3) is 4.34. The topological polar surface area (TPSA) is 96.3 Å². The van der Waals surface area contributed by atoms with Crippen LogP contribution in [-0.4, -0.2) is 65.7 Å². The van der Waals surface area contributed by atoms with E-state index in [1.807, 2.05) is 0 Å². The van der Waals surface area contributed by atoms with Gasteiger partial charge in [-0.25, -0.2) is 4.79 Å². The van der Waals surface area contributed by atoms with E-state index in [-0.39, 0.29) is 32.7 Å². The Bertz CT molecular complexity index is 319. The molecule has 2 unspecified atom stereocenters. The zero-order valence-electron chi connectivity index (χ0n) is 9.95. The molecule has 1 amide bonds. The van der Waals surface area contributed by atoms with Gasteiger partial charge in [-0.3, -0.25) is 4.79 Å². The van der Waals surface area contributed by atoms with Gasteiger partial charge < -0.3 is 24.6 Å². The largest absolute Gasteiger partial charge is 0.481 e. The van der Waals surface area contributed by atoms with Gasteiger partial charge in [0.1, 0.15) is 6.61 Å². The summed E-state index contributed by atoms with van der Waals surface area (Å²) in [5.74, 6) is -1.02. The number of aliphatic hydroxyl groups excluding tert-OH is 1. The predicted octanol–water partition coefficient (Wildman–Crippen LogP) is -0.155. The SMILES string of the molecule is C=CCOC(=O)N1CC(CO)OC(CC(=O)O)C1. The first-order valence-electron chi connectivity index (χ1n) is 5.57. The highest BCUT2D eigenvalue weighted by atomic mass is 16.6. The van der Waals surface area contributed by atoms with Crippen molar-refractivity contribution in [3.63, 3.8) is 0 Å². The van der Waals surface area contributed by atoms with Crippen LogP contribution in [0.2, 0.25) is 0 Å². The number of hydrogen-bond donors (Lipinski definition) is 2. The van der Waals surface area contributed by atoms with Gasteiger partial charge in [0.15, 0.2) is 0 Å². The average Bonchev–Trinajstić information content (AvgIpc) is 2.34. The van der Waals surface area contributed by atoms with Gasteiger partial charge in [-0.05, 0) is 0 Å². The number of amides is 1. The van der Waals surface area contributed by atoms with Crippen molar-refractivity contribution in [1.82, 2.24) is 4.90 Å². The first kappa shape index (κ1) is 14.5. The Morgan fingerprint density at radius 3 is 2.67 bits per heavy atom. The van der Waals surface area contributed by atoms with Crippen LogP contribution < -0.4 is 0 Å². The van der Waals surface area contributed by atoms with Gasteiger partial charge in [-0.15, -0.1) is 0 Å². The number of hydrogen-bond acceptors (Lipinski definition) is 5. The Balaban J connectivity index is 2.58. The highest BCUT2D eigenvalue weighted by Gasteiger charge is 2.32. The van der Waals surface area contributed by atoms with E-state index >= 15 is 0 Å². The smallest absolute Gasteiger partial charge is 0.410 e. The first-order valence-corrected chi connectivity index (χ1v) is 5.57. The molecule has 2 atom stereocenters. The minimum atomic E-state index is -1.02. The second kappa shape index (κ2) is 6.97. The number of carbonyl (C=O) groups excluding carboxylic acids is 1. The van der Waals surface area contributed by atoms with E-state index in [4.69, 9.17) is 19.7 Å². The third-order valence-electron chi connectivity index (χ3n) is 2.42. The van der Waals surface area contributed by atoms with Gasteiger partial charge >= 0.3 is 12.1 Å². The minimum Gasteiger partial charge on any atom is -0.481 e. The van der Waals surface area contributed by atoms with Crippen molar-refractivity contribution in [3.8, 4) is 0 Å². The van der Waals surface area contributed by atoms with Crippen molar-refractivity contribution in [1.29, 1.82) is 0 Å². The second-order valence-corrected chi connectivity index (χ2v) is 3.93. The molecule has 0 radical (unpaired) electrons. The Hall–Kier alpha value is -1.60. The van der Waals surface area contributed by atoms with Crippen LogP contribution in [0.15, 0.2) is 12.7 Å². The molecule has 0 aliphatic carbocycles. The summed E-state index contributed by atoms with van der Waals surface area (Å²) in [4.78, 5) is 23.6. The maximum Gasteiger partial charge on any atom is 0.410 e. The number of carboxylic acids is 1. The molecule has 7 heteroatoms. The zero-order chi connectivity index (χ0) is 13.5. The van der Waals surface area contributed by atoms with Crippen LogP contribution in [0.4, 0.5) is 4.79 Å². The lowest BCUT2D eigenvalue weighted by Crippen LogP contribution is -2.51. The minimum absolute atomic E-state index is 0.0869. The summed E-state index contributed by atoms with van der Waals surface area (Å²) in [5, 5.41) is 17.8. The molecule has 0 aromatic rings. The van der Waals surface area contributed by atoms with Gasteiger partial charge in [0.25, 0.3) is 0 Å². The van der Waals surface area contributed by atoms with E-state index in [0.717, 1.165) is 0 Å². The van der Waals surface area contributed by atoms with Gasteiger partial charge in [0.05, 0.1) is 38.3 Å². The van der Waals surface area contributed by atoms with E-state index in [1.54, 1.807) is 0 Å². The summed E-state index contributed by atoms with van der Waals surface area (Å²) < 4.78 is 10.2. The van der Waals surface area contributed by atoms with Gasteiger partial charge in [-0.1, -0.05) is 12.7 Å². The highest BCUT2D eigenvalue weighted by molar-refractivity contribution is 5.69. The molecule has 1 aliphatic rings. The number of aliphatic hydroxyl groups is 1. The number of nitrogens with zero attached hydrogens (tertiary/aromatic N) is 1. The molecule has 2 N–H and O–H groups in total. The Morgan fingerprint density at radius 2 is 2.11 bits per heavy atom. The molecule has 18 heavy (non-hydrogen) atoms. The standard InChI is InChI=1S/C11H17NO6/c1-2-3-17-11(16)12-5-8(4-10(14)15)18-9(6-12)7-13/h2,8-9,13H,1,3-7H2,(H,14,15). The molecule has 1 rings (SSSR count). The number of carbonyl (C=O) groups is 2. The fourth-order valence-electron chi connectivity index (χ4n) is 1.70. The normalized spacial score (nSPS) is 23.5. The molecule has 102 valence electrons. The fraction of sp³-hybridized carbons (Fsp3) is 0.636. The second-order valence-electron chi connectivity index (χ2n) is 3.93. The summed E-state index contributed by atoms with van der Waals surface area (Å²) in [5.41, 5.74) is 0. The molecule has 1 heterocycles. The fourth-order valence-corrected chi connectivity index (χ4v) is 1.70. The van der Waals surface area contributed by atoms with Crippen LogP contribution in [0, 0.1) is 0 Å². The summed E-state index contributed by atoms with van der Waals surface area (Å²) in [6.07, 6.45) is -0.561. The van der Waals surface area contributed by atoms with Crippen LogP contribution in [0.3, 0.4) is 0 Å². The zero-order valence-corrected chi connectivity index (χ0v) is 9.95. The first-order chi connectivity index (χ1) is 8.56. The molecule has 0 aromatic carbocycles. The Morgan fingerprint density at radius 1 is 1.44 bits per heavy atom. The maximum atomic E-state index is 11.6. The quantitative estimate of drug-likeness (QED) is 0.666. The summed E-state index contributed by atoms with van der Waals surface area (Å²) >= 11 is 0. The van der Waals surface area contributed by atoms with Gasteiger partial charge in [0, 0.05) is 0 Å². The molecule has 1 saturated heterocycles. The number of aliphatic carboxylic acids is 1. The number of carboxylic acid groups (broad SMARTS) is 1. The van der Waals surface area contributed by atoms with E-state index in [0.29, 0.717) is 0 Å². The van der Waals surface area contributed by atoms with Crippen molar-refractivity contribution >= 4 is 12.1 Å². The highest BCUT2D eigenvalue weighted by Crippen LogP contribution is 2.15.